The number of pyridine rings is 1. The molecule has 2 heterocycles. The number of halogens is 1. The maximum absolute atomic E-state index is 10.1. The zero-order valence-electron chi connectivity index (χ0n) is 14.1. The minimum absolute atomic E-state index is 0.0362. The van der Waals surface area contributed by atoms with Crippen LogP contribution in [0.25, 0.3) is 0 Å². The molecule has 2 aliphatic rings. The van der Waals surface area contributed by atoms with Crippen molar-refractivity contribution in [1.29, 1.82) is 0 Å². The third-order valence-corrected chi connectivity index (χ3v) is 5.14. The van der Waals surface area contributed by atoms with Crippen molar-refractivity contribution in [3.63, 3.8) is 0 Å². The Morgan fingerprint density at radius 1 is 1.42 bits per heavy atom. The van der Waals surface area contributed by atoms with Crippen LogP contribution in [0.4, 0.5) is 5.69 Å². The Bertz CT molecular complexity index is 620. The van der Waals surface area contributed by atoms with Gasteiger partial charge in [-0.1, -0.05) is 23.4 Å². The summed E-state index contributed by atoms with van der Waals surface area (Å²) < 4.78 is 5.55. The molecule has 1 aromatic heterocycles. The summed E-state index contributed by atoms with van der Waals surface area (Å²) in [5.41, 5.74) is 1.30. The summed E-state index contributed by atoms with van der Waals surface area (Å²) in [6, 6.07) is 1.83. The van der Waals surface area contributed by atoms with E-state index in [1.165, 1.54) is 0 Å². The molecule has 1 aliphatic heterocycles. The highest BCUT2D eigenvalue weighted by Gasteiger charge is 2.28. The first kappa shape index (κ1) is 17.5. The van der Waals surface area contributed by atoms with Gasteiger partial charge in [0.1, 0.15) is 11.3 Å². The number of hydrogen-bond donors (Lipinski definition) is 2. The van der Waals surface area contributed by atoms with Crippen LogP contribution in [0.15, 0.2) is 12.3 Å². The third kappa shape index (κ3) is 4.86. The monoisotopic (exact) mass is 348 g/mol. The zero-order chi connectivity index (χ0) is 17.0. The molecule has 1 aliphatic carbocycles. The van der Waals surface area contributed by atoms with Crippen LogP contribution < -0.4 is 5.32 Å². The molecule has 24 heavy (non-hydrogen) atoms. The lowest BCUT2D eigenvalue weighted by Gasteiger charge is -2.33. The predicted molar refractivity (Wildman–Crippen MR) is 96.2 cm³/mol. The second-order valence-corrected chi connectivity index (χ2v) is 7.53. The molecule has 3 rings (SSSR count). The highest BCUT2D eigenvalue weighted by molar-refractivity contribution is 6.29. The summed E-state index contributed by atoms with van der Waals surface area (Å²) in [5.74, 6) is 6.93. The molecule has 1 unspecified atom stereocenters. The molecule has 1 saturated carbocycles. The van der Waals surface area contributed by atoms with Crippen molar-refractivity contribution in [2.24, 2.45) is 5.92 Å². The van der Waals surface area contributed by atoms with Crippen LogP contribution >= 0.6 is 11.6 Å². The largest absolute Gasteiger partial charge is 0.390 e. The SMILES string of the molecule is CC1(O)CCC(CNc2cc(Cl)ncc2C#CC2CCCO2)CC1. The average Bonchev–Trinajstić information content (AvgIpc) is 3.06. The molecule has 0 spiro atoms. The van der Waals surface area contributed by atoms with Crippen molar-refractivity contribution < 1.29 is 9.84 Å². The summed E-state index contributed by atoms with van der Waals surface area (Å²) in [5, 5.41) is 14.0. The van der Waals surface area contributed by atoms with Crippen molar-refractivity contribution in [2.75, 3.05) is 18.5 Å². The van der Waals surface area contributed by atoms with Crippen molar-refractivity contribution in [1.82, 2.24) is 4.98 Å². The standard InChI is InChI=1S/C19H25ClN2O2/c1-19(23)8-6-14(7-9-19)12-21-17-11-18(20)22-13-15(17)4-5-16-3-2-10-24-16/h11,13-14,16,23H,2-3,6-10,12H2,1H3,(H,21,22). The van der Waals surface area contributed by atoms with E-state index in [4.69, 9.17) is 16.3 Å². The molecule has 130 valence electrons. The van der Waals surface area contributed by atoms with E-state index in [1.54, 1.807) is 6.20 Å². The van der Waals surface area contributed by atoms with E-state index < -0.39 is 5.60 Å². The molecule has 1 aromatic rings. The molecule has 0 bridgehead atoms. The zero-order valence-corrected chi connectivity index (χ0v) is 14.9. The number of anilines is 1. The van der Waals surface area contributed by atoms with Crippen molar-refractivity contribution in [3.8, 4) is 11.8 Å². The average molecular weight is 349 g/mol. The lowest BCUT2D eigenvalue weighted by Crippen LogP contribution is -2.32. The molecular formula is C19H25ClN2O2. The first-order chi connectivity index (χ1) is 11.5. The summed E-state index contributed by atoms with van der Waals surface area (Å²) in [4.78, 5) is 4.15. The van der Waals surface area contributed by atoms with Crippen molar-refractivity contribution in [3.05, 3.63) is 23.0 Å². The Kier molecular flexibility index (Phi) is 5.65. The van der Waals surface area contributed by atoms with Gasteiger partial charge < -0.3 is 15.2 Å². The molecule has 5 heteroatoms. The molecular weight excluding hydrogens is 324 g/mol. The maximum Gasteiger partial charge on any atom is 0.131 e. The predicted octanol–water partition coefficient (Wildman–Crippen LogP) is 3.62. The van der Waals surface area contributed by atoms with Crippen LogP contribution in [0.5, 0.6) is 0 Å². The van der Waals surface area contributed by atoms with Gasteiger partial charge in [-0.15, -0.1) is 0 Å². The number of aromatic nitrogens is 1. The molecule has 0 amide bonds. The van der Waals surface area contributed by atoms with Crippen LogP contribution in [0.2, 0.25) is 5.15 Å². The van der Waals surface area contributed by atoms with E-state index in [2.05, 4.69) is 22.1 Å². The Hall–Kier alpha value is -1.28. The molecule has 1 atom stereocenters. The molecule has 0 radical (unpaired) electrons. The number of nitrogens with one attached hydrogen (secondary N) is 1. The van der Waals surface area contributed by atoms with Gasteiger partial charge in [0.2, 0.25) is 0 Å². The maximum atomic E-state index is 10.1. The van der Waals surface area contributed by atoms with E-state index in [0.717, 1.165) is 62.9 Å². The number of ether oxygens (including phenoxy) is 1. The van der Waals surface area contributed by atoms with Gasteiger partial charge in [0, 0.05) is 19.3 Å². The van der Waals surface area contributed by atoms with Crippen molar-refractivity contribution >= 4 is 17.3 Å². The fourth-order valence-corrected chi connectivity index (χ4v) is 3.44. The molecule has 1 saturated heterocycles. The van der Waals surface area contributed by atoms with E-state index in [1.807, 2.05) is 13.0 Å². The van der Waals surface area contributed by atoms with Gasteiger partial charge in [-0.3, -0.25) is 0 Å². The van der Waals surface area contributed by atoms with Crippen LogP contribution in [0.1, 0.15) is 51.0 Å². The summed E-state index contributed by atoms with van der Waals surface area (Å²) in [6.07, 6.45) is 7.63. The van der Waals surface area contributed by atoms with E-state index in [-0.39, 0.29) is 6.10 Å². The molecule has 0 aromatic carbocycles. The Balaban J connectivity index is 1.63. The second kappa shape index (κ2) is 7.74. The van der Waals surface area contributed by atoms with E-state index in [0.29, 0.717) is 11.1 Å². The highest BCUT2D eigenvalue weighted by atomic mass is 35.5. The van der Waals surface area contributed by atoms with Crippen molar-refractivity contribution in [2.45, 2.75) is 57.2 Å². The number of aliphatic hydroxyl groups is 1. The third-order valence-electron chi connectivity index (χ3n) is 4.93. The fourth-order valence-electron chi connectivity index (χ4n) is 3.28. The summed E-state index contributed by atoms with van der Waals surface area (Å²) >= 11 is 6.05. The lowest BCUT2D eigenvalue weighted by molar-refractivity contribution is 0.00977. The summed E-state index contributed by atoms with van der Waals surface area (Å²) in [7, 11) is 0. The van der Waals surface area contributed by atoms with Gasteiger partial charge in [0.25, 0.3) is 0 Å². The van der Waals surface area contributed by atoms with Gasteiger partial charge >= 0.3 is 0 Å². The minimum Gasteiger partial charge on any atom is -0.390 e. The summed E-state index contributed by atoms with van der Waals surface area (Å²) in [6.45, 7) is 3.60. The Morgan fingerprint density at radius 2 is 2.21 bits per heavy atom. The van der Waals surface area contributed by atoms with Gasteiger partial charge in [-0.05, 0) is 57.4 Å². The Labute approximate surface area is 149 Å². The quantitative estimate of drug-likeness (QED) is 0.647. The van der Waals surface area contributed by atoms with E-state index >= 15 is 0 Å². The highest BCUT2D eigenvalue weighted by Crippen LogP contribution is 2.32. The first-order valence-corrected chi connectivity index (χ1v) is 9.15. The molecule has 2 N–H and O–H groups in total. The van der Waals surface area contributed by atoms with Crippen LogP contribution in [-0.4, -0.2) is 34.9 Å². The van der Waals surface area contributed by atoms with Gasteiger partial charge in [0.05, 0.1) is 16.9 Å². The number of nitrogens with zero attached hydrogens (tertiary/aromatic N) is 1. The topological polar surface area (TPSA) is 54.4 Å². The van der Waals surface area contributed by atoms with Crippen LogP contribution in [0, 0.1) is 17.8 Å². The smallest absolute Gasteiger partial charge is 0.131 e. The fraction of sp³-hybridized carbons (Fsp3) is 0.632. The van der Waals surface area contributed by atoms with Gasteiger partial charge in [-0.25, -0.2) is 4.98 Å². The first-order valence-electron chi connectivity index (χ1n) is 8.77. The molecule has 4 nitrogen and oxygen atoms in total. The number of hydrogen-bond acceptors (Lipinski definition) is 4. The number of rotatable bonds is 3. The van der Waals surface area contributed by atoms with E-state index in [9.17, 15) is 5.11 Å². The van der Waals surface area contributed by atoms with Crippen LogP contribution in [0.3, 0.4) is 0 Å². The second-order valence-electron chi connectivity index (χ2n) is 7.14. The normalized spacial score (nSPS) is 29.8. The Morgan fingerprint density at radius 3 is 2.92 bits per heavy atom. The molecule has 2 fully saturated rings. The van der Waals surface area contributed by atoms with Gasteiger partial charge in [-0.2, -0.15) is 0 Å². The van der Waals surface area contributed by atoms with Gasteiger partial charge in [0.15, 0.2) is 0 Å². The lowest BCUT2D eigenvalue weighted by atomic mass is 9.80. The van der Waals surface area contributed by atoms with Crippen LogP contribution in [-0.2, 0) is 4.74 Å². The minimum atomic E-state index is -0.492.